The predicted molar refractivity (Wildman–Crippen MR) is 96.4 cm³/mol. The van der Waals surface area contributed by atoms with Crippen molar-refractivity contribution in [1.82, 2.24) is 20.2 Å². The van der Waals surface area contributed by atoms with Gasteiger partial charge in [-0.05, 0) is 48.9 Å². The Labute approximate surface area is 155 Å². The molecule has 138 valence electrons. The summed E-state index contributed by atoms with van der Waals surface area (Å²) >= 11 is 0. The maximum atomic E-state index is 13.7. The number of carbonyl (C=O) groups is 1. The molecule has 0 radical (unpaired) electrons. The summed E-state index contributed by atoms with van der Waals surface area (Å²) < 4.78 is 38.0. The van der Waals surface area contributed by atoms with Crippen LogP contribution in [0.1, 0.15) is 15.9 Å². The summed E-state index contributed by atoms with van der Waals surface area (Å²) in [5.41, 5.74) is 3.66. The van der Waals surface area contributed by atoms with Crippen LogP contribution in [-0.4, -0.2) is 24.3 Å². The lowest BCUT2D eigenvalue weighted by Gasteiger charge is -2.10. The molecule has 2 aromatic carbocycles. The lowest BCUT2D eigenvalue weighted by atomic mass is 10.1. The third kappa shape index (κ3) is 4.33. The Morgan fingerprint density at radius 2 is 1.74 bits per heavy atom. The van der Waals surface area contributed by atoms with Crippen molar-refractivity contribution >= 4 is 15.9 Å². The lowest BCUT2D eigenvalue weighted by Crippen LogP contribution is -2.41. The molecule has 0 aliphatic rings. The number of nitrogens with zero attached hydrogens (tertiary/aromatic N) is 2. The molecule has 1 aromatic heterocycles. The number of halogens is 1. The number of hydrogen-bond acceptors (Lipinski definition) is 5. The van der Waals surface area contributed by atoms with Crippen LogP contribution in [0.2, 0.25) is 0 Å². The summed E-state index contributed by atoms with van der Waals surface area (Å²) in [5.74, 6) is -1.18. The molecule has 7 nitrogen and oxygen atoms in total. The number of amides is 1. The fourth-order valence-electron chi connectivity index (χ4n) is 2.39. The molecule has 0 atom stereocenters. The van der Waals surface area contributed by atoms with Gasteiger partial charge in [0, 0.05) is 23.5 Å². The van der Waals surface area contributed by atoms with Gasteiger partial charge in [0.15, 0.2) is 5.82 Å². The largest absolute Gasteiger partial charge is 0.273 e. The molecule has 0 aliphatic carbocycles. The van der Waals surface area contributed by atoms with E-state index >= 15 is 0 Å². The average molecular weight is 386 g/mol. The molecule has 2 N–H and O–H groups in total. The normalized spacial score (nSPS) is 11.2. The molecule has 0 saturated heterocycles. The van der Waals surface area contributed by atoms with Crippen LogP contribution in [0.3, 0.4) is 0 Å². The first-order valence-corrected chi connectivity index (χ1v) is 9.31. The topological polar surface area (TPSA) is 101 Å². The highest BCUT2D eigenvalue weighted by molar-refractivity contribution is 7.89. The van der Waals surface area contributed by atoms with E-state index in [1.807, 2.05) is 4.83 Å². The molecular formula is C18H15FN4O3S. The van der Waals surface area contributed by atoms with Gasteiger partial charge in [-0.1, -0.05) is 12.1 Å². The minimum atomic E-state index is -4.25. The van der Waals surface area contributed by atoms with Crippen molar-refractivity contribution in [2.75, 3.05) is 0 Å². The number of nitrogens with one attached hydrogen (secondary N) is 2. The summed E-state index contributed by atoms with van der Waals surface area (Å²) in [7, 11) is -4.25. The number of aryl methyl sites for hydroxylation is 1. The maximum absolute atomic E-state index is 13.7. The third-order valence-corrected chi connectivity index (χ3v) is 4.87. The van der Waals surface area contributed by atoms with Gasteiger partial charge < -0.3 is 0 Å². The highest BCUT2D eigenvalue weighted by Gasteiger charge is 2.20. The van der Waals surface area contributed by atoms with Crippen LogP contribution in [0.25, 0.3) is 11.4 Å². The molecule has 27 heavy (non-hydrogen) atoms. The Morgan fingerprint density at radius 3 is 2.44 bits per heavy atom. The summed E-state index contributed by atoms with van der Waals surface area (Å²) in [5, 5.41) is 0. The Bertz CT molecular complexity index is 1090. The van der Waals surface area contributed by atoms with E-state index < -0.39 is 26.6 Å². The first-order valence-electron chi connectivity index (χ1n) is 7.82. The average Bonchev–Trinajstić information content (AvgIpc) is 2.66. The standard InChI is InChI=1S/C18H15FN4O3S/c1-12-9-13(17-20-7-4-8-21-17)11-14(10-12)18(24)22-23-27(25,26)16-6-3-2-5-15(16)19/h2-11,23H,1H3,(H,22,24). The summed E-state index contributed by atoms with van der Waals surface area (Å²) in [6.07, 6.45) is 3.15. The third-order valence-electron chi connectivity index (χ3n) is 3.59. The van der Waals surface area contributed by atoms with E-state index in [9.17, 15) is 17.6 Å². The molecule has 1 amide bonds. The van der Waals surface area contributed by atoms with E-state index in [2.05, 4.69) is 15.4 Å². The molecule has 0 fully saturated rings. The zero-order valence-corrected chi connectivity index (χ0v) is 15.0. The van der Waals surface area contributed by atoms with E-state index in [-0.39, 0.29) is 5.56 Å². The van der Waals surface area contributed by atoms with Crippen molar-refractivity contribution in [3.05, 3.63) is 77.9 Å². The van der Waals surface area contributed by atoms with Gasteiger partial charge in [-0.15, -0.1) is 4.83 Å². The number of sulfonamides is 1. The fraction of sp³-hybridized carbons (Fsp3) is 0.0556. The minimum Gasteiger partial charge on any atom is -0.273 e. The van der Waals surface area contributed by atoms with Gasteiger partial charge in [-0.2, -0.15) is 0 Å². The number of aromatic nitrogens is 2. The molecule has 1 heterocycles. The molecule has 0 spiro atoms. The quantitative estimate of drug-likeness (QED) is 0.655. The molecule has 9 heteroatoms. The van der Waals surface area contributed by atoms with Gasteiger partial charge in [0.2, 0.25) is 0 Å². The van der Waals surface area contributed by atoms with Crippen molar-refractivity contribution in [3.63, 3.8) is 0 Å². The highest BCUT2D eigenvalue weighted by Crippen LogP contribution is 2.18. The Morgan fingerprint density at radius 1 is 1.04 bits per heavy atom. The van der Waals surface area contributed by atoms with Crippen LogP contribution < -0.4 is 10.3 Å². The maximum Gasteiger partial charge on any atom is 0.266 e. The number of benzene rings is 2. The van der Waals surface area contributed by atoms with Crippen molar-refractivity contribution in [3.8, 4) is 11.4 Å². The van der Waals surface area contributed by atoms with Crippen LogP contribution in [0, 0.1) is 12.7 Å². The van der Waals surface area contributed by atoms with Crippen LogP contribution in [0.4, 0.5) is 4.39 Å². The first-order chi connectivity index (χ1) is 12.9. The second kappa shape index (κ2) is 7.60. The number of rotatable bonds is 5. The van der Waals surface area contributed by atoms with Gasteiger partial charge in [0.05, 0.1) is 0 Å². The number of hydrogen-bond donors (Lipinski definition) is 2. The number of hydrazine groups is 1. The van der Waals surface area contributed by atoms with Crippen LogP contribution in [0.5, 0.6) is 0 Å². The van der Waals surface area contributed by atoms with Crippen molar-refractivity contribution in [2.45, 2.75) is 11.8 Å². The van der Waals surface area contributed by atoms with Gasteiger partial charge in [-0.3, -0.25) is 10.2 Å². The number of carbonyl (C=O) groups excluding carboxylic acids is 1. The van der Waals surface area contributed by atoms with Crippen molar-refractivity contribution < 1.29 is 17.6 Å². The van der Waals surface area contributed by atoms with Gasteiger partial charge in [-0.25, -0.2) is 22.8 Å². The van der Waals surface area contributed by atoms with Gasteiger partial charge in [0.1, 0.15) is 10.7 Å². The van der Waals surface area contributed by atoms with Crippen molar-refractivity contribution in [2.24, 2.45) is 0 Å². The van der Waals surface area contributed by atoms with E-state index in [1.54, 1.807) is 37.5 Å². The molecule has 0 saturated carbocycles. The van der Waals surface area contributed by atoms with Crippen LogP contribution in [0.15, 0.2) is 65.8 Å². The fourth-order valence-corrected chi connectivity index (χ4v) is 3.31. The van der Waals surface area contributed by atoms with E-state index in [0.29, 0.717) is 11.4 Å². The second-order valence-corrected chi connectivity index (χ2v) is 7.30. The van der Waals surface area contributed by atoms with Crippen LogP contribution >= 0.6 is 0 Å². The zero-order chi connectivity index (χ0) is 19.4. The second-order valence-electron chi connectivity index (χ2n) is 5.65. The summed E-state index contributed by atoms with van der Waals surface area (Å²) in [6.45, 7) is 1.78. The Balaban J connectivity index is 1.81. The smallest absolute Gasteiger partial charge is 0.266 e. The Kier molecular flexibility index (Phi) is 5.24. The lowest BCUT2D eigenvalue weighted by molar-refractivity contribution is 0.0945. The van der Waals surface area contributed by atoms with Crippen molar-refractivity contribution in [1.29, 1.82) is 0 Å². The molecule has 0 aliphatic heterocycles. The van der Waals surface area contributed by atoms with E-state index in [0.717, 1.165) is 17.7 Å². The highest BCUT2D eigenvalue weighted by atomic mass is 32.2. The zero-order valence-electron chi connectivity index (χ0n) is 14.2. The predicted octanol–water partition coefficient (Wildman–Crippen LogP) is 2.21. The molecule has 3 aromatic rings. The monoisotopic (exact) mass is 386 g/mol. The van der Waals surface area contributed by atoms with E-state index in [4.69, 9.17) is 0 Å². The summed E-state index contributed by atoms with van der Waals surface area (Å²) in [6, 6.07) is 11.5. The Hall–Kier alpha value is -3.17. The molecular weight excluding hydrogens is 371 g/mol. The van der Waals surface area contributed by atoms with Gasteiger partial charge in [0.25, 0.3) is 15.9 Å². The summed E-state index contributed by atoms with van der Waals surface area (Å²) in [4.78, 5) is 22.0. The SMILES string of the molecule is Cc1cc(C(=O)NNS(=O)(=O)c2ccccc2F)cc(-c2ncccn2)c1. The van der Waals surface area contributed by atoms with Gasteiger partial charge >= 0.3 is 0 Å². The molecule has 0 unspecified atom stereocenters. The molecule has 0 bridgehead atoms. The molecule has 3 rings (SSSR count). The van der Waals surface area contributed by atoms with E-state index in [1.165, 1.54) is 18.2 Å². The first kappa shape index (κ1) is 18.6. The minimum absolute atomic E-state index is 0.202. The van der Waals surface area contributed by atoms with Crippen LogP contribution in [-0.2, 0) is 10.0 Å².